The highest BCUT2D eigenvalue weighted by atomic mass is 16.2. The molecule has 2 aliphatic rings. The van der Waals surface area contributed by atoms with Gasteiger partial charge in [-0.25, -0.2) is 0 Å². The molecule has 0 aromatic carbocycles. The zero-order chi connectivity index (χ0) is 14.8. The van der Waals surface area contributed by atoms with E-state index in [2.05, 4.69) is 29.4 Å². The average Bonchev–Trinajstić information content (AvgIpc) is 3.17. The van der Waals surface area contributed by atoms with Crippen LogP contribution in [0.2, 0.25) is 0 Å². The second kappa shape index (κ2) is 6.15. The number of nitrogens with one attached hydrogen (secondary N) is 1. The molecule has 2 aliphatic heterocycles. The molecule has 6 nitrogen and oxygen atoms in total. The normalized spacial score (nSPS) is 26.5. The molecule has 1 aromatic heterocycles. The number of nitrogens with zero attached hydrogens (tertiary/aromatic N) is 4. The summed E-state index contributed by atoms with van der Waals surface area (Å²) in [7, 11) is 4.15. The van der Waals surface area contributed by atoms with Crippen LogP contribution in [0, 0.1) is 0 Å². The van der Waals surface area contributed by atoms with Crippen molar-refractivity contribution in [3.05, 3.63) is 18.0 Å². The van der Waals surface area contributed by atoms with E-state index in [1.54, 1.807) is 0 Å². The first-order chi connectivity index (χ1) is 10.1. The van der Waals surface area contributed by atoms with Crippen molar-refractivity contribution in [3.63, 3.8) is 0 Å². The summed E-state index contributed by atoms with van der Waals surface area (Å²) >= 11 is 0. The summed E-state index contributed by atoms with van der Waals surface area (Å²) in [6.07, 6.45) is 5.30. The Bertz CT molecular complexity index is 492. The maximum Gasteiger partial charge on any atom is 0.274 e. The maximum atomic E-state index is 12.5. The van der Waals surface area contributed by atoms with Crippen LogP contribution in [0.4, 0.5) is 0 Å². The molecule has 2 unspecified atom stereocenters. The summed E-state index contributed by atoms with van der Waals surface area (Å²) in [5.74, 6) is 0.0712. The molecule has 1 amide bonds. The summed E-state index contributed by atoms with van der Waals surface area (Å²) < 4.78 is 1.96. The van der Waals surface area contributed by atoms with Crippen molar-refractivity contribution in [1.82, 2.24) is 24.9 Å². The van der Waals surface area contributed by atoms with Gasteiger partial charge in [0.2, 0.25) is 0 Å². The fourth-order valence-corrected chi connectivity index (χ4v) is 3.22. The molecule has 0 aliphatic carbocycles. The lowest BCUT2D eigenvalue weighted by Crippen LogP contribution is -2.35. The SMILES string of the molecule is CN(C)C1CCN(C(=O)c2ccn(C3CCCNC3)n2)C1. The molecule has 21 heavy (non-hydrogen) atoms. The highest BCUT2D eigenvalue weighted by Crippen LogP contribution is 2.18. The van der Waals surface area contributed by atoms with Gasteiger partial charge in [0.05, 0.1) is 6.04 Å². The number of likely N-dealkylation sites (tertiary alicyclic amines) is 1. The van der Waals surface area contributed by atoms with Crippen LogP contribution in [0.5, 0.6) is 0 Å². The molecule has 6 heteroatoms. The summed E-state index contributed by atoms with van der Waals surface area (Å²) in [6, 6.07) is 2.71. The van der Waals surface area contributed by atoms with Crippen molar-refractivity contribution in [2.75, 3.05) is 40.3 Å². The molecular weight excluding hydrogens is 266 g/mol. The Hall–Kier alpha value is -1.40. The standard InChI is InChI=1S/C15H25N5O/c1-18(2)13-5-8-19(11-13)15(21)14-6-9-20(17-14)12-4-3-7-16-10-12/h6,9,12-13,16H,3-5,7-8,10-11H2,1-2H3. The number of carbonyl (C=O) groups is 1. The summed E-state index contributed by atoms with van der Waals surface area (Å²) in [6.45, 7) is 3.67. The highest BCUT2D eigenvalue weighted by molar-refractivity contribution is 5.92. The maximum absolute atomic E-state index is 12.5. The molecule has 0 radical (unpaired) electrons. The third-order valence-corrected chi connectivity index (χ3v) is 4.65. The van der Waals surface area contributed by atoms with E-state index in [1.807, 2.05) is 21.8 Å². The minimum absolute atomic E-state index is 0.0712. The monoisotopic (exact) mass is 291 g/mol. The number of likely N-dealkylation sites (N-methyl/N-ethyl adjacent to an activating group) is 1. The van der Waals surface area contributed by atoms with Gasteiger partial charge in [0.15, 0.2) is 0 Å². The first-order valence-electron chi connectivity index (χ1n) is 7.86. The van der Waals surface area contributed by atoms with Gasteiger partial charge in [0.1, 0.15) is 5.69 Å². The predicted octanol–water partition coefficient (Wildman–Crippen LogP) is 0.584. The highest BCUT2D eigenvalue weighted by Gasteiger charge is 2.29. The van der Waals surface area contributed by atoms with Crippen molar-refractivity contribution in [3.8, 4) is 0 Å². The Morgan fingerprint density at radius 2 is 2.29 bits per heavy atom. The number of amides is 1. The smallest absolute Gasteiger partial charge is 0.274 e. The Balaban J connectivity index is 1.64. The van der Waals surface area contributed by atoms with Crippen molar-refractivity contribution in [1.29, 1.82) is 0 Å². The summed E-state index contributed by atoms with van der Waals surface area (Å²) in [5.41, 5.74) is 0.583. The molecule has 116 valence electrons. The largest absolute Gasteiger partial charge is 0.336 e. The molecule has 3 heterocycles. The lowest BCUT2D eigenvalue weighted by atomic mass is 10.1. The van der Waals surface area contributed by atoms with E-state index in [4.69, 9.17) is 0 Å². The van der Waals surface area contributed by atoms with Crippen LogP contribution >= 0.6 is 0 Å². The van der Waals surface area contributed by atoms with Gasteiger partial charge in [-0.15, -0.1) is 0 Å². The van der Waals surface area contributed by atoms with Crippen LogP contribution in [0.3, 0.4) is 0 Å². The van der Waals surface area contributed by atoms with E-state index in [9.17, 15) is 4.79 Å². The second-order valence-electron chi connectivity index (χ2n) is 6.34. The van der Waals surface area contributed by atoms with Crippen LogP contribution in [0.25, 0.3) is 0 Å². The fourth-order valence-electron chi connectivity index (χ4n) is 3.22. The third kappa shape index (κ3) is 3.11. The number of aromatic nitrogens is 2. The van der Waals surface area contributed by atoms with E-state index in [1.165, 1.54) is 6.42 Å². The lowest BCUT2D eigenvalue weighted by Gasteiger charge is -2.23. The van der Waals surface area contributed by atoms with Gasteiger partial charge in [-0.05, 0) is 46.0 Å². The zero-order valence-electron chi connectivity index (χ0n) is 13.0. The van der Waals surface area contributed by atoms with E-state index in [-0.39, 0.29) is 5.91 Å². The number of rotatable bonds is 3. The quantitative estimate of drug-likeness (QED) is 0.885. The van der Waals surface area contributed by atoms with Crippen molar-refractivity contribution < 1.29 is 4.79 Å². The molecule has 1 aromatic rings. The van der Waals surface area contributed by atoms with Crippen LogP contribution in [-0.4, -0.2) is 71.8 Å². The van der Waals surface area contributed by atoms with E-state index >= 15 is 0 Å². The van der Waals surface area contributed by atoms with Gasteiger partial charge in [0.25, 0.3) is 5.91 Å². The molecule has 0 saturated carbocycles. The van der Waals surface area contributed by atoms with Gasteiger partial charge >= 0.3 is 0 Å². The summed E-state index contributed by atoms with van der Waals surface area (Å²) in [5, 5.41) is 7.90. The molecule has 1 N–H and O–H groups in total. The van der Waals surface area contributed by atoms with Crippen LogP contribution in [-0.2, 0) is 0 Å². The van der Waals surface area contributed by atoms with Gasteiger partial charge < -0.3 is 15.1 Å². The molecule has 2 saturated heterocycles. The molecular formula is C15H25N5O. The number of carbonyl (C=O) groups excluding carboxylic acids is 1. The number of piperidine rings is 1. The van der Waals surface area contributed by atoms with Crippen molar-refractivity contribution in [2.24, 2.45) is 0 Å². The first-order valence-corrected chi connectivity index (χ1v) is 7.86. The second-order valence-corrected chi connectivity index (χ2v) is 6.34. The minimum Gasteiger partial charge on any atom is -0.336 e. The molecule has 2 atom stereocenters. The average molecular weight is 291 g/mol. The zero-order valence-corrected chi connectivity index (χ0v) is 13.0. The summed E-state index contributed by atoms with van der Waals surface area (Å²) in [4.78, 5) is 16.6. The number of hydrogen-bond donors (Lipinski definition) is 1. The van der Waals surface area contributed by atoms with Crippen molar-refractivity contribution >= 4 is 5.91 Å². The first kappa shape index (κ1) is 14.5. The van der Waals surface area contributed by atoms with Gasteiger partial charge in [-0.3, -0.25) is 9.48 Å². The van der Waals surface area contributed by atoms with Crippen molar-refractivity contribution in [2.45, 2.75) is 31.3 Å². The Morgan fingerprint density at radius 1 is 1.43 bits per heavy atom. The van der Waals surface area contributed by atoms with E-state index < -0.39 is 0 Å². The Labute approximate surface area is 126 Å². The third-order valence-electron chi connectivity index (χ3n) is 4.65. The van der Waals surface area contributed by atoms with Crippen LogP contribution < -0.4 is 5.32 Å². The van der Waals surface area contributed by atoms with Crippen LogP contribution in [0.1, 0.15) is 35.8 Å². The Kier molecular flexibility index (Phi) is 4.26. The minimum atomic E-state index is 0.0712. The topological polar surface area (TPSA) is 53.4 Å². The molecule has 2 fully saturated rings. The molecule has 0 spiro atoms. The van der Waals surface area contributed by atoms with E-state index in [0.717, 1.165) is 39.0 Å². The van der Waals surface area contributed by atoms with E-state index in [0.29, 0.717) is 17.8 Å². The lowest BCUT2D eigenvalue weighted by molar-refractivity contribution is 0.0775. The van der Waals surface area contributed by atoms with Gasteiger partial charge in [-0.2, -0.15) is 5.10 Å². The van der Waals surface area contributed by atoms with Crippen LogP contribution in [0.15, 0.2) is 12.3 Å². The number of hydrogen-bond acceptors (Lipinski definition) is 4. The van der Waals surface area contributed by atoms with Gasteiger partial charge in [-0.1, -0.05) is 0 Å². The Morgan fingerprint density at radius 3 is 2.95 bits per heavy atom. The molecule has 3 rings (SSSR count). The molecule has 0 bridgehead atoms. The predicted molar refractivity (Wildman–Crippen MR) is 81.4 cm³/mol. The van der Waals surface area contributed by atoms with Gasteiger partial charge in [0, 0.05) is 31.9 Å². The fraction of sp³-hybridized carbons (Fsp3) is 0.733.